The number of hydrogen-bond donors (Lipinski definition) is 1. The number of nitrogens with one attached hydrogen (secondary N) is 1. The topological polar surface area (TPSA) is 38.3 Å². The Balaban J connectivity index is 2.67. The first-order valence-electron chi connectivity index (χ1n) is 6.39. The van der Waals surface area contributed by atoms with Crippen LogP contribution in [-0.2, 0) is 10.2 Å². The van der Waals surface area contributed by atoms with Gasteiger partial charge in [0.15, 0.2) is 6.10 Å². The first-order valence-corrected chi connectivity index (χ1v) is 6.39. The fourth-order valence-corrected chi connectivity index (χ4v) is 1.61. The summed E-state index contributed by atoms with van der Waals surface area (Å²) in [6, 6.07) is 7.91. The van der Waals surface area contributed by atoms with Gasteiger partial charge in [0.05, 0.1) is 0 Å². The van der Waals surface area contributed by atoms with Gasteiger partial charge in [-0.2, -0.15) is 0 Å². The molecule has 3 nitrogen and oxygen atoms in total. The third kappa shape index (κ3) is 4.06. The van der Waals surface area contributed by atoms with Crippen LogP contribution < -0.4 is 10.1 Å². The summed E-state index contributed by atoms with van der Waals surface area (Å²) in [5, 5.41) is 2.74. The quantitative estimate of drug-likeness (QED) is 0.891. The average Bonchev–Trinajstić information content (AvgIpc) is 2.28. The van der Waals surface area contributed by atoms with E-state index in [4.69, 9.17) is 4.74 Å². The van der Waals surface area contributed by atoms with Crippen LogP contribution in [0.2, 0.25) is 0 Å². The number of carbonyl (C=O) groups is 1. The molecule has 0 aliphatic rings. The zero-order valence-electron chi connectivity index (χ0n) is 11.9. The van der Waals surface area contributed by atoms with Gasteiger partial charge in [0, 0.05) is 6.54 Å². The maximum Gasteiger partial charge on any atom is 0.260 e. The molecule has 0 bridgehead atoms. The molecule has 1 amide bonds. The third-order valence-electron chi connectivity index (χ3n) is 2.75. The van der Waals surface area contributed by atoms with Crippen molar-refractivity contribution >= 4 is 5.91 Å². The number of hydrogen-bond acceptors (Lipinski definition) is 2. The van der Waals surface area contributed by atoms with Crippen molar-refractivity contribution in [1.82, 2.24) is 5.32 Å². The summed E-state index contributed by atoms with van der Waals surface area (Å²) < 4.78 is 5.58. The number of carbonyl (C=O) groups excluding carboxylic acids is 1. The molecule has 0 fully saturated rings. The highest BCUT2D eigenvalue weighted by atomic mass is 16.5. The van der Waals surface area contributed by atoms with E-state index >= 15 is 0 Å². The van der Waals surface area contributed by atoms with Crippen molar-refractivity contribution in [3.63, 3.8) is 0 Å². The SMILES string of the molecule is CCNC(=O)[C@H](C)Oc1ccc(C(C)(C)C)cc1. The van der Waals surface area contributed by atoms with Gasteiger partial charge in [-0.3, -0.25) is 4.79 Å². The van der Waals surface area contributed by atoms with Crippen molar-refractivity contribution in [3.05, 3.63) is 29.8 Å². The number of amides is 1. The van der Waals surface area contributed by atoms with Crippen molar-refractivity contribution in [2.75, 3.05) is 6.54 Å². The zero-order valence-corrected chi connectivity index (χ0v) is 11.9. The van der Waals surface area contributed by atoms with E-state index in [1.165, 1.54) is 5.56 Å². The number of likely N-dealkylation sites (N-methyl/N-ethyl adjacent to an activating group) is 1. The Morgan fingerprint density at radius 1 is 1.28 bits per heavy atom. The van der Waals surface area contributed by atoms with E-state index in [0.29, 0.717) is 6.54 Å². The monoisotopic (exact) mass is 249 g/mol. The predicted octanol–water partition coefficient (Wildman–Crippen LogP) is 2.89. The molecule has 0 heterocycles. The molecule has 0 saturated heterocycles. The van der Waals surface area contributed by atoms with Crippen molar-refractivity contribution in [2.45, 2.75) is 46.1 Å². The Morgan fingerprint density at radius 2 is 1.83 bits per heavy atom. The molecule has 1 aromatic carbocycles. The van der Waals surface area contributed by atoms with E-state index in [1.807, 2.05) is 31.2 Å². The number of benzene rings is 1. The lowest BCUT2D eigenvalue weighted by atomic mass is 9.87. The van der Waals surface area contributed by atoms with Crippen molar-refractivity contribution in [1.29, 1.82) is 0 Å². The molecule has 0 radical (unpaired) electrons. The Kier molecular flexibility index (Phi) is 4.76. The normalized spacial score (nSPS) is 12.9. The summed E-state index contributed by atoms with van der Waals surface area (Å²) in [5.74, 6) is 0.638. The lowest BCUT2D eigenvalue weighted by Crippen LogP contribution is -2.36. The van der Waals surface area contributed by atoms with E-state index < -0.39 is 6.10 Å². The molecule has 0 aliphatic heterocycles. The highest BCUT2D eigenvalue weighted by Crippen LogP contribution is 2.24. The van der Waals surface area contributed by atoms with Gasteiger partial charge in [-0.25, -0.2) is 0 Å². The summed E-state index contributed by atoms with van der Waals surface area (Å²) in [7, 11) is 0. The Morgan fingerprint density at radius 3 is 2.28 bits per heavy atom. The van der Waals surface area contributed by atoms with Crippen LogP contribution in [0.5, 0.6) is 5.75 Å². The molecule has 0 aromatic heterocycles. The van der Waals surface area contributed by atoms with Gasteiger partial charge in [0.25, 0.3) is 5.91 Å². The minimum Gasteiger partial charge on any atom is -0.481 e. The summed E-state index contributed by atoms with van der Waals surface area (Å²) in [6.07, 6.45) is -0.467. The molecule has 3 heteroatoms. The summed E-state index contributed by atoms with van der Waals surface area (Å²) in [4.78, 5) is 11.5. The second-order valence-electron chi connectivity index (χ2n) is 5.43. The predicted molar refractivity (Wildman–Crippen MR) is 73.9 cm³/mol. The zero-order chi connectivity index (χ0) is 13.8. The minimum atomic E-state index is -0.467. The first-order chi connectivity index (χ1) is 8.34. The Bertz CT molecular complexity index is 390. The second kappa shape index (κ2) is 5.89. The molecule has 0 aliphatic carbocycles. The standard InChI is InChI=1S/C15H23NO2/c1-6-16-14(17)11(2)18-13-9-7-12(8-10-13)15(3,4)5/h7-11H,6H2,1-5H3,(H,16,17)/t11-/m0/s1. The van der Waals surface area contributed by atoms with Gasteiger partial charge in [0.1, 0.15) is 5.75 Å². The van der Waals surface area contributed by atoms with Crippen LogP contribution >= 0.6 is 0 Å². The lowest BCUT2D eigenvalue weighted by Gasteiger charge is -2.20. The highest BCUT2D eigenvalue weighted by molar-refractivity contribution is 5.80. The first kappa shape index (κ1) is 14.6. The molecule has 18 heavy (non-hydrogen) atoms. The Labute approximate surface area is 110 Å². The van der Waals surface area contributed by atoms with E-state index in [0.717, 1.165) is 5.75 Å². The van der Waals surface area contributed by atoms with Crippen LogP contribution in [0.25, 0.3) is 0 Å². The van der Waals surface area contributed by atoms with Crippen LogP contribution in [-0.4, -0.2) is 18.6 Å². The molecule has 0 spiro atoms. The van der Waals surface area contributed by atoms with E-state index in [-0.39, 0.29) is 11.3 Å². The van der Waals surface area contributed by atoms with Gasteiger partial charge in [0.2, 0.25) is 0 Å². The van der Waals surface area contributed by atoms with E-state index in [1.54, 1.807) is 6.92 Å². The van der Waals surface area contributed by atoms with Crippen LogP contribution in [0.15, 0.2) is 24.3 Å². The Hall–Kier alpha value is -1.51. The summed E-state index contributed by atoms with van der Waals surface area (Å²) >= 11 is 0. The highest BCUT2D eigenvalue weighted by Gasteiger charge is 2.15. The molecule has 100 valence electrons. The van der Waals surface area contributed by atoms with Gasteiger partial charge in [-0.15, -0.1) is 0 Å². The van der Waals surface area contributed by atoms with Gasteiger partial charge >= 0.3 is 0 Å². The van der Waals surface area contributed by atoms with Crippen LogP contribution in [0, 0.1) is 0 Å². The second-order valence-corrected chi connectivity index (χ2v) is 5.43. The molecule has 1 aromatic rings. The minimum absolute atomic E-state index is 0.0857. The fourth-order valence-electron chi connectivity index (χ4n) is 1.61. The van der Waals surface area contributed by atoms with Crippen molar-refractivity contribution < 1.29 is 9.53 Å². The fraction of sp³-hybridized carbons (Fsp3) is 0.533. The molecule has 1 rings (SSSR count). The molecule has 1 N–H and O–H groups in total. The molecular weight excluding hydrogens is 226 g/mol. The van der Waals surface area contributed by atoms with Gasteiger partial charge in [-0.05, 0) is 37.0 Å². The summed E-state index contributed by atoms with van der Waals surface area (Å²) in [5.41, 5.74) is 1.38. The maximum atomic E-state index is 11.5. The molecule has 0 unspecified atom stereocenters. The summed E-state index contributed by atoms with van der Waals surface area (Å²) in [6.45, 7) is 10.8. The van der Waals surface area contributed by atoms with E-state index in [2.05, 4.69) is 26.1 Å². The van der Waals surface area contributed by atoms with Crippen LogP contribution in [0.1, 0.15) is 40.2 Å². The maximum absolute atomic E-state index is 11.5. The van der Waals surface area contributed by atoms with Crippen LogP contribution in [0.4, 0.5) is 0 Å². The van der Waals surface area contributed by atoms with Crippen LogP contribution in [0.3, 0.4) is 0 Å². The smallest absolute Gasteiger partial charge is 0.260 e. The van der Waals surface area contributed by atoms with Crippen molar-refractivity contribution in [2.24, 2.45) is 0 Å². The van der Waals surface area contributed by atoms with Gasteiger partial charge < -0.3 is 10.1 Å². The van der Waals surface area contributed by atoms with Gasteiger partial charge in [-0.1, -0.05) is 32.9 Å². The molecular formula is C15H23NO2. The average molecular weight is 249 g/mol. The lowest BCUT2D eigenvalue weighted by molar-refractivity contribution is -0.127. The number of rotatable bonds is 4. The third-order valence-corrected chi connectivity index (χ3v) is 2.75. The largest absolute Gasteiger partial charge is 0.481 e. The molecule has 0 saturated carbocycles. The van der Waals surface area contributed by atoms with E-state index in [9.17, 15) is 4.79 Å². The van der Waals surface area contributed by atoms with Crippen molar-refractivity contribution in [3.8, 4) is 5.75 Å². The molecule has 1 atom stereocenters. The number of ether oxygens (including phenoxy) is 1.